The summed E-state index contributed by atoms with van der Waals surface area (Å²) in [5.41, 5.74) is 3.48. The molecule has 0 spiro atoms. The van der Waals surface area contributed by atoms with Crippen LogP contribution in [0.15, 0.2) is 53.4 Å². The standard InChI is InChI=1S/C16H20N2O2S/c1-12-3-5-14(6-4-12)11-18-13(2)15-7-9-16(10-8-15)21(17,19)20/h3-10,13,18H,11H2,1-2H3,(H2,17,19,20). The molecule has 2 rings (SSSR count). The molecule has 0 saturated carbocycles. The number of hydrogen-bond acceptors (Lipinski definition) is 3. The van der Waals surface area contributed by atoms with Crippen molar-refractivity contribution in [2.45, 2.75) is 31.3 Å². The van der Waals surface area contributed by atoms with E-state index in [0.717, 1.165) is 12.1 Å². The Kier molecular flexibility index (Phi) is 4.77. The fourth-order valence-corrected chi connectivity index (χ4v) is 2.56. The summed E-state index contributed by atoms with van der Waals surface area (Å²) >= 11 is 0. The van der Waals surface area contributed by atoms with Crippen molar-refractivity contribution in [2.75, 3.05) is 0 Å². The molecule has 0 aliphatic carbocycles. The van der Waals surface area contributed by atoms with Gasteiger partial charge in [-0.3, -0.25) is 0 Å². The summed E-state index contributed by atoms with van der Waals surface area (Å²) in [6.07, 6.45) is 0. The molecule has 0 fully saturated rings. The second kappa shape index (κ2) is 6.39. The van der Waals surface area contributed by atoms with Crippen LogP contribution < -0.4 is 10.5 Å². The van der Waals surface area contributed by atoms with E-state index in [0.29, 0.717) is 0 Å². The molecule has 0 bridgehead atoms. The highest BCUT2D eigenvalue weighted by Gasteiger charge is 2.09. The number of nitrogens with one attached hydrogen (secondary N) is 1. The number of primary sulfonamides is 1. The van der Waals surface area contributed by atoms with Crippen molar-refractivity contribution in [1.82, 2.24) is 5.32 Å². The molecule has 2 aromatic carbocycles. The van der Waals surface area contributed by atoms with Gasteiger partial charge in [0.2, 0.25) is 10.0 Å². The Labute approximate surface area is 126 Å². The largest absolute Gasteiger partial charge is 0.306 e. The Morgan fingerprint density at radius 2 is 1.62 bits per heavy atom. The van der Waals surface area contributed by atoms with Gasteiger partial charge in [-0.1, -0.05) is 42.0 Å². The van der Waals surface area contributed by atoms with E-state index < -0.39 is 10.0 Å². The summed E-state index contributed by atoms with van der Waals surface area (Å²) in [5.74, 6) is 0. The van der Waals surface area contributed by atoms with Gasteiger partial charge in [0.1, 0.15) is 0 Å². The number of nitrogens with two attached hydrogens (primary N) is 1. The van der Waals surface area contributed by atoms with Crippen LogP contribution in [-0.4, -0.2) is 8.42 Å². The third-order valence-corrected chi connectivity index (χ3v) is 4.37. The molecule has 21 heavy (non-hydrogen) atoms. The highest BCUT2D eigenvalue weighted by Crippen LogP contribution is 2.16. The molecular weight excluding hydrogens is 284 g/mol. The predicted molar refractivity (Wildman–Crippen MR) is 84.2 cm³/mol. The fourth-order valence-electron chi connectivity index (χ4n) is 2.04. The Bertz CT molecular complexity index is 692. The van der Waals surface area contributed by atoms with Gasteiger partial charge in [-0.25, -0.2) is 13.6 Å². The molecule has 1 unspecified atom stereocenters. The third kappa shape index (κ3) is 4.39. The Balaban J connectivity index is 2.00. The van der Waals surface area contributed by atoms with Crippen molar-refractivity contribution < 1.29 is 8.42 Å². The lowest BCUT2D eigenvalue weighted by molar-refractivity contribution is 0.573. The fraction of sp³-hybridized carbons (Fsp3) is 0.250. The SMILES string of the molecule is Cc1ccc(CNC(C)c2ccc(S(N)(=O)=O)cc2)cc1. The maximum atomic E-state index is 11.2. The van der Waals surface area contributed by atoms with Gasteiger partial charge >= 0.3 is 0 Å². The number of sulfonamides is 1. The summed E-state index contributed by atoms with van der Waals surface area (Å²) in [4.78, 5) is 0.136. The maximum Gasteiger partial charge on any atom is 0.238 e. The molecule has 0 aromatic heterocycles. The van der Waals surface area contributed by atoms with Crippen molar-refractivity contribution >= 4 is 10.0 Å². The quantitative estimate of drug-likeness (QED) is 0.891. The first kappa shape index (κ1) is 15.7. The van der Waals surface area contributed by atoms with Gasteiger partial charge in [0.25, 0.3) is 0 Å². The highest BCUT2D eigenvalue weighted by atomic mass is 32.2. The Hall–Kier alpha value is -1.69. The minimum Gasteiger partial charge on any atom is -0.306 e. The van der Waals surface area contributed by atoms with Crippen LogP contribution in [0.25, 0.3) is 0 Å². The molecule has 4 nitrogen and oxygen atoms in total. The molecule has 3 N–H and O–H groups in total. The smallest absolute Gasteiger partial charge is 0.238 e. The van der Waals surface area contributed by atoms with E-state index in [1.54, 1.807) is 12.1 Å². The minimum absolute atomic E-state index is 0.126. The Morgan fingerprint density at radius 3 is 2.14 bits per heavy atom. The zero-order valence-corrected chi connectivity index (χ0v) is 13.0. The molecule has 112 valence electrons. The number of benzene rings is 2. The second-order valence-corrected chi connectivity index (χ2v) is 6.76. The zero-order chi connectivity index (χ0) is 15.5. The predicted octanol–water partition coefficient (Wildman–Crippen LogP) is 2.49. The van der Waals surface area contributed by atoms with E-state index in [1.165, 1.54) is 23.3 Å². The van der Waals surface area contributed by atoms with Crippen molar-refractivity contribution in [2.24, 2.45) is 5.14 Å². The van der Waals surface area contributed by atoms with Crippen LogP contribution in [0.2, 0.25) is 0 Å². The van der Waals surface area contributed by atoms with Gasteiger partial charge < -0.3 is 5.32 Å². The van der Waals surface area contributed by atoms with E-state index in [4.69, 9.17) is 5.14 Å². The van der Waals surface area contributed by atoms with Gasteiger partial charge in [0, 0.05) is 12.6 Å². The summed E-state index contributed by atoms with van der Waals surface area (Å²) < 4.78 is 22.4. The van der Waals surface area contributed by atoms with E-state index in [-0.39, 0.29) is 10.9 Å². The molecule has 0 aliphatic rings. The molecule has 0 saturated heterocycles. The lowest BCUT2D eigenvalue weighted by Crippen LogP contribution is -2.18. The van der Waals surface area contributed by atoms with Crippen LogP contribution >= 0.6 is 0 Å². The van der Waals surface area contributed by atoms with Crippen LogP contribution in [0.1, 0.15) is 29.7 Å². The van der Waals surface area contributed by atoms with E-state index in [9.17, 15) is 8.42 Å². The van der Waals surface area contributed by atoms with Gasteiger partial charge in [0.15, 0.2) is 0 Å². The van der Waals surface area contributed by atoms with E-state index in [1.807, 2.05) is 6.92 Å². The highest BCUT2D eigenvalue weighted by molar-refractivity contribution is 7.89. The molecule has 0 heterocycles. The number of hydrogen-bond donors (Lipinski definition) is 2. The summed E-state index contributed by atoms with van der Waals surface area (Å²) in [7, 11) is -3.63. The third-order valence-electron chi connectivity index (χ3n) is 3.44. The normalized spacial score (nSPS) is 13.1. The summed E-state index contributed by atoms with van der Waals surface area (Å²) in [6, 6.07) is 15.1. The molecule has 0 amide bonds. The number of aryl methyl sites for hydroxylation is 1. The molecule has 0 radical (unpaired) electrons. The first-order chi connectivity index (χ1) is 9.86. The molecule has 2 aromatic rings. The van der Waals surface area contributed by atoms with Crippen molar-refractivity contribution in [1.29, 1.82) is 0 Å². The molecule has 5 heteroatoms. The van der Waals surface area contributed by atoms with Gasteiger partial charge in [-0.15, -0.1) is 0 Å². The first-order valence-electron chi connectivity index (χ1n) is 6.78. The van der Waals surface area contributed by atoms with Crippen LogP contribution in [-0.2, 0) is 16.6 Å². The lowest BCUT2D eigenvalue weighted by Gasteiger charge is -2.15. The van der Waals surface area contributed by atoms with Crippen LogP contribution in [0, 0.1) is 6.92 Å². The molecular formula is C16H20N2O2S. The van der Waals surface area contributed by atoms with Crippen molar-refractivity contribution in [3.8, 4) is 0 Å². The monoisotopic (exact) mass is 304 g/mol. The Morgan fingerprint density at radius 1 is 1.05 bits per heavy atom. The topological polar surface area (TPSA) is 72.2 Å². The van der Waals surface area contributed by atoms with Gasteiger partial charge in [-0.2, -0.15) is 0 Å². The minimum atomic E-state index is -3.63. The summed E-state index contributed by atoms with van der Waals surface area (Å²) in [5, 5.41) is 8.50. The van der Waals surface area contributed by atoms with Crippen LogP contribution in [0.3, 0.4) is 0 Å². The average molecular weight is 304 g/mol. The van der Waals surface area contributed by atoms with Crippen molar-refractivity contribution in [3.63, 3.8) is 0 Å². The van der Waals surface area contributed by atoms with E-state index >= 15 is 0 Å². The molecule has 1 atom stereocenters. The summed E-state index contributed by atoms with van der Waals surface area (Å²) in [6.45, 7) is 4.87. The maximum absolute atomic E-state index is 11.2. The van der Waals surface area contributed by atoms with Crippen LogP contribution in [0.4, 0.5) is 0 Å². The van der Waals surface area contributed by atoms with E-state index in [2.05, 4.69) is 36.5 Å². The van der Waals surface area contributed by atoms with Gasteiger partial charge in [0.05, 0.1) is 4.90 Å². The lowest BCUT2D eigenvalue weighted by atomic mass is 10.1. The van der Waals surface area contributed by atoms with Crippen molar-refractivity contribution in [3.05, 3.63) is 65.2 Å². The second-order valence-electron chi connectivity index (χ2n) is 5.20. The van der Waals surface area contributed by atoms with Crippen LogP contribution in [0.5, 0.6) is 0 Å². The average Bonchev–Trinajstić information content (AvgIpc) is 2.45. The number of rotatable bonds is 5. The van der Waals surface area contributed by atoms with Gasteiger partial charge in [-0.05, 0) is 37.1 Å². The zero-order valence-electron chi connectivity index (χ0n) is 12.2. The molecule has 0 aliphatic heterocycles. The first-order valence-corrected chi connectivity index (χ1v) is 8.32.